The number of aromatic nitrogens is 3. The molecule has 1 saturated heterocycles. The highest BCUT2D eigenvalue weighted by Crippen LogP contribution is 2.25. The van der Waals surface area contributed by atoms with Gasteiger partial charge in [0.05, 0.1) is 6.04 Å². The zero-order chi connectivity index (χ0) is 23.5. The van der Waals surface area contributed by atoms with Gasteiger partial charge in [0.25, 0.3) is 0 Å². The predicted octanol–water partition coefficient (Wildman–Crippen LogP) is 3.88. The van der Waals surface area contributed by atoms with E-state index in [0.717, 1.165) is 43.3 Å². The first kappa shape index (κ1) is 22.8. The molecule has 0 radical (unpaired) electrons. The van der Waals surface area contributed by atoms with Crippen molar-refractivity contribution in [1.29, 1.82) is 0 Å². The number of anilines is 1. The first-order chi connectivity index (χ1) is 15.8. The minimum atomic E-state index is -2.86. The van der Waals surface area contributed by atoms with Gasteiger partial charge >= 0.3 is 6.61 Å². The maximum atomic E-state index is 13.4. The Balaban J connectivity index is 1.46. The SMILES string of the molecule is Cc1cc(C(=O)[C@H](C)N2CCN(c3ncccn3)CC2)c(C)n1-c1ccc(OC(F)F)cc1. The minimum Gasteiger partial charge on any atom is -0.435 e. The van der Waals surface area contributed by atoms with Gasteiger partial charge in [-0.3, -0.25) is 9.69 Å². The Morgan fingerprint density at radius 3 is 2.27 bits per heavy atom. The van der Waals surface area contributed by atoms with Crippen LogP contribution in [0.25, 0.3) is 5.69 Å². The number of benzene rings is 1. The Morgan fingerprint density at radius 2 is 1.67 bits per heavy atom. The summed E-state index contributed by atoms with van der Waals surface area (Å²) in [5.41, 5.74) is 3.18. The van der Waals surface area contributed by atoms with Crippen molar-refractivity contribution in [3.05, 3.63) is 65.7 Å². The van der Waals surface area contributed by atoms with Gasteiger partial charge in [0, 0.05) is 61.2 Å². The molecule has 0 unspecified atom stereocenters. The van der Waals surface area contributed by atoms with Crippen LogP contribution in [0, 0.1) is 13.8 Å². The van der Waals surface area contributed by atoms with Crippen molar-refractivity contribution in [2.24, 2.45) is 0 Å². The number of rotatable bonds is 7. The summed E-state index contributed by atoms with van der Waals surface area (Å²) in [5.74, 6) is 0.877. The topological polar surface area (TPSA) is 63.5 Å². The lowest BCUT2D eigenvalue weighted by Crippen LogP contribution is -2.52. The normalized spacial score (nSPS) is 15.6. The number of ketones is 1. The van der Waals surface area contributed by atoms with Crippen molar-refractivity contribution in [2.75, 3.05) is 31.1 Å². The molecule has 1 aromatic carbocycles. The lowest BCUT2D eigenvalue weighted by Gasteiger charge is -2.37. The van der Waals surface area contributed by atoms with Crippen LogP contribution in [-0.4, -0.2) is 64.1 Å². The van der Waals surface area contributed by atoms with Gasteiger partial charge in [-0.05, 0) is 57.2 Å². The first-order valence-electron chi connectivity index (χ1n) is 10.9. The van der Waals surface area contributed by atoms with Gasteiger partial charge in [-0.2, -0.15) is 8.78 Å². The summed E-state index contributed by atoms with van der Waals surface area (Å²) in [7, 11) is 0. The molecule has 9 heteroatoms. The summed E-state index contributed by atoms with van der Waals surface area (Å²) in [4.78, 5) is 26.3. The summed E-state index contributed by atoms with van der Waals surface area (Å²) >= 11 is 0. The Morgan fingerprint density at radius 1 is 1.03 bits per heavy atom. The van der Waals surface area contributed by atoms with E-state index in [2.05, 4.69) is 24.5 Å². The van der Waals surface area contributed by atoms with E-state index in [-0.39, 0.29) is 17.6 Å². The third kappa shape index (κ3) is 4.88. The standard InChI is InChI=1S/C24H27F2N5O2/c1-16-15-21(17(2)31(16)19-5-7-20(8-6-19)33-23(25)26)22(32)18(3)29-11-13-30(14-12-29)24-27-9-4-10-28-24/h4-10,15,18,23H,11-14H2,1-3H3/t18-/m0/s1. The van der Waals surface area contributed by atoms with Crippen LogP contribution in [0.4, 0.5) is 14.7 Å². The summed E-state index contributed by atoms with van der Waals surface area (Å²) in [6.07, 6.45) is 3.46. The fraction of sp³-hybridized carbons (Fsp3) is 0.375. The molecule has 1 aliphatic rings. The molecule has 174 valence electrons. The van der Waals surface area contributed by atoms with Crippen LogP contribution in [0.1, 0.15) is 28.7 Å². The highest BCUT2D eigenvalue weighted by atomic mass is 19.3. The van der Waals surface area contributed by atoms with Gasteiger partial charge in [0.1, 0.15) is 5.75 Å². The molecule has 1 fully saturated rings. The number of Topliss-reactive ketones (excluding diaryl/α,β-unsaturated/α-hetero) is 1. The lowest BCUT2D eigenvalue weighted by atomic mass is 10.0. The number of alkyl halides is 2. The second-order valence-corrected chi connectivity index (χ2v) is 8.10. The maximum absolute atomic E-state index is 13.4. The highest BCUT2D eigenvalue weighted by molar-refractivity contribution is 6.01. The second kappa shape index (κ2) is 9.66. The number of halogens is 2. The van der Waals surface area contributed by atoms with Crippen molar-refractivity contribution in [3.8, 4) is 11.4 Å². The highest BCUT2D eigenvalue weighted by Gasteiger charge is 2.29. The zero-order valence-corrected chi connectivity index (χ0v) is 18.9. The van der Waals surface area contributed by atoms with Crippen molar-refractivity contribution in [2.45, 2.75) is 33.4 Å². The summed E-state index contributed by atoms with van der Waals surface area (Å²) in [5, 5.41) is 0. The van der Waals surface area contributed by atoms with Gasteiger partial charge in [0.2, 0.25) is 5.95 Å². The molecule has 3 heterocycles. The second-order valence-electron chi connectivity index (χ2n) is 8.10. The average Bonchev–Trinajstić information content (AvgIpc) is 3.12. The van der Waals surface area contributed by atoms with Gasteiger partial charge in [0.15, 0.2) is 5.78 Å². The third-order valence-electron chi connectivity index (χ3n) is 6.09. The Labute approximate surface area is 191 Å². The van der Waals surface area contributed by atoms with Gasteiger partial charge in [-0.1, -0.05) is 0 Å². The molecule has 1 atom stereocenters. The van der Waals surface area contributed by atoms with Crippen molar-refractivity contribution in [3.63, 3.8) is 0 Å². The van der Waals surface area contributed by atoms with Gasteiger partial charge < -0.3 is 14.2 Å². The molecule has 33 heavy (non-hydrogen) atoms. The number of hydrogen-bond donors (Lipinski definition) is 0. The summed E-state index contributed by atoms with van der Waals surface area (Å²) in [6, 6.07) is 9.84. The first-order valence-corrected chi connectivity index (χ1v) is 10.9. The average molecular weight is 456 g/mol. The molecule has 0 N–H and O–H groups in total. The lowest BCUT2D eigenvalue weighted by molar-refractivity contribution is -0.0498. The molecule has 0 spiro atoms. The van der Waals surface area contributed by atoms with Crippen LogP contribution >= 0.6 is 0 Å². The number of aryl methyl sites for hydroxylation is 1. The number of piperazine rings is 1. The maximum Gasteiger partial charge on any atom is 0.387 e. The summed E-state index contributed by atoms with van der Waals surface area (Å²) in [6.45, 7) is 5.92. The van der Waals surface area contributed by atoms with Crippen molar-refractivity contribution < 1.29 is 18.3 Å². The van der Waals surface area contributed by atoms with E-state index in [1.165, 1.54) is 12.1 Å². The van der Waals surface area contributed by atoms with Gasteiger partial charge in [-0.15, -0.1) is 0 Å². The molecular weight excluding hydrogens is 428 g/mol. The molecule has 2 aromatic heterocycles. The molecule has 7 nitrogen and oxygen atoms in total. The number of ether oxygens (including phenoxy) is 1. The van der Waals surface area contributed by atoms with E-state index in [1.54, 1.807) is 30.6 Å². The fourth-order valence-electron chi connectivity index (χ4n) is 4.34. The monoisotopic (exact) mass is 455 g/mol. The summed E-state index contributed by atoms with van der Waals surface area (Å²) < 4.78 is 31.2. The quantitative estimate of drug-likeness (QED) is 0.504. The number of hydrogen-bond acceptors (Lipinski definition) is 6. The van der Waals surface area contributed by atoms with Crippen LogP contribution in [0.15, 0.2) is 48.8 Å². The molecule has 4 rings (SSSR count). The van der Waals surface area contributed by atoms with Gasteiger partial charge in [-0.25, -0.2) is 9.97 Å². The van der Waals surface area contributed by atoms with Crippen LogP contribution in [0.2, 0.25) is 0 Å². The smallest absolute Gasteiger partial charge is 0.387 e. The Bertz CT molecular complexity index is 1090. The van der Waals surface area contributed by atoms with Crippen LogP contribution in [0.5, 0.6) is 5.75 Å². The Kier molecular flexibility index (Phi) is 6.69. The van der Waals surface area contributed by atoms with Crippen molar-refractivity contribution in [1.82, 2.24) is 19.4 Å². The van der Waals surface area contributed by atoms with E-state index >= 15 is 0 Å². The van der Waals surface area contributed by atoms with Crippen LogP contribution in [-0.2, 0) is 0 Å². The largest absolute Gasteiger partial charge is 0.435 e. The van der Waals surface area contributed by atoms with E-state index in [0.29, 0.717) is 11.5 Å². The van der Waals surface area contributed by atoms with Crippen molar-refractivity contribution >= 4 is 11.7 Å². The van der Waals surface area contributed by atoms with E-state index in [9.17, 15) is 13.6 Å². The predicted molar refractivity (Wildman–Crippen MR) is 121 cm³/mol. The van der Waals surface area contributed by atoms with E-state index in [1.807, 2.05) is 31.4 Å². The molecule has 3 aromatic rings. The molecule has 0 aliphatic carbocycles. The molecule has 0 bridgehead atoms. The molecular formula is C24H27F2N5O2. The number of carbonyl (C=O) groups is 1. The molecule has 0 saturated carbocycles. The van der Waals surface area contributed by atoms with Crippen LogP contribution < -0.4 is 9.64 Å². The Hall–Kier alpha value is -3.33. The zero-order valence-electron chi connectivity index (χ0n) is 18.9. The van der Waals surface area contributed by atoms with E-state index < -0.39 is 6.61 Å². The third-order valence-corrected chi connectivity index (χ3v) is 6.09. The minimum absolute atomic E-state index is 0.0661. The fourth-order valence-corrected chi connectivity index (χ4v) is 4.34. The van der Waals surface area contributed by atoms with E-state index in [4.69, 9.17) is 0 Å². The van der Waals surface area contributed by atoms with Crippen LogP contribution in [0.3, 0.4) is 0 Å². The number of carbonyl (C=O) groups excluding carboxylic acids is 1. The number of nitrogens with zero attached hydrogens (tertiary/aromatic N) is 5. The molecule has 1 aliphatic heterocycles. The molecule has 0 amide bonds.